The lowest BCUT2D eigenvalue weighted by atomic mass is 10.1. The lowest BCUT2D eigenvalue weighted by molar-refractivity contribution is -0.124. The maximum Gasteiger partial charge on any atom is 0.259 e. The molecule has 1 amide bonds. The third-order valence-electron chi connectivity index (χ3n) is 5.45. The molecule has 0 radical (unpaired) electrons. The van der Waals surface area contributed by atoms with Crippen molar-refractivity contribution in [1.29, 1.82) is 0 Å². The number of nitrogens with zero attached hydrogens (tertiary/aromatic N) is 3. The lowest BCUT2D eigenvalue weighted by Gasteiger charge is -2.25. The van der Waals surface area contributed by atoms with E-state index >= 15 is 0 Å². The van der Waals surface area contributed by atoms with E-state index in [2.05, 4.69) is 4.99 Å². The second kappa shape index (κ2) is 8.55. The summed E-state index contributed by atoms with van der Waals surface area (Å²) in [5.74, 6) is -0.537. The molecule has 0 spiro atoms. The maximum atomic E-state index is 13.3. The van der Waals surface area contributed by atoms with Crippen molar-refractivity contribution in [2.45, 2.75) is 12.5 Å². The number of fused-ring (bicyclic) bond motifs is 3. The van der Waals surface area contributed by atoms with E-state index in [-0.39, 0.29) is 34.5 Å². The third kappa shape index (κ3) is 4.01. The molecule has 2 N–H and O–H groups in total. The number of amides is 1. The highest BCUT2D eigenvalue weighted by Crippen LogP contribution is 2.34. The smallest absolute Gasteiger partial charge is 0.259 e. The zero-order valence-corrected chi connectivity index (χ0v) is 18.2. The molecule has 0 saturated carbocycles. The van der Waals surface area contributed by atoms with Crippen LogP contribution in [-0.2, 0) is 11.2 Å². The van der Waals surface area contributed by atoms with Crippen molar-refractivity contribution in [3.8, 4) is 11.5 Å². The SMILES string of the molecule is O=C(CSC1=Nc2ccccc2C2=NC(Cc3ccccc3)C(=O)N12)c1ccc(O)c(O)c1. The topological polar surface area (TPSA) is 103 Å². The molecule has 2 aliphatic heterocycles. The van der Waals surface area contributed by atoms with Gasteiger partial charge < -0.3 is 10.2 Å². The second-order valence-corrected chi connectivity index (χ2v) is 8.60. The van der Waals surface area contributed by atoms with E-state index in [1.54, 1.807) is 0 Å². The van der Waals surface area contributed by atoms with E-state index < -0.39 is 6.04 Å². The number of hydrogen-bond donors (Lipinski definition) is 2. The number of para-hydroxylation sites is 1. The lowest BCUT2D eigenvalue weighted by Crippen LogP contribution is -2.41. The highest BCUT2D eigenvalue weighted by Gasteiger charge is 2.41. The van der Waals surface area contributed by atoms with Gasteiger partial charge in [-0.05, 0) is 35.9 Å². The van der Waals surface area contributed by atoms with Gasteiger partial charge in [-0.1, -0.05) is 54.2 Å². The Kier molecular flexibility index (Phi) is 5.43. The molecule has 0 bridgehead atoms. The van der Waals surface area contributed by atoms with Crippen LogP contribution in [0.1, 0.15) is 21.5 Å². The van der Waals surface area contributed by atoms with Crippen molar-refractivity contribution < 1.29 is 19.8 Å². The summed E-state index contributed by atoms with van der Waals surface area (Å²) in [4.78, 5) is 36.9. The van der Waals surface area contributed by atoms with Crippen LogP contribution in [0.3, 0.4) is 0 Å². The molecule has 0 aromatic heterocycles. The van der Waals surface area contributed by atoms with Crippen molar-refractivity contribution in [2.24, 2.45) is 9.98 Å². The number of rotatable bonds is 5. The molecular formula is C25H19N3O4S. The summed E-state index contributed by atoms with van der Waals surface area (Å²) < 4.78 is 0. The molecule has 0 fully saturated rings. The first kappa shape index (κ1) is 21.0. The van der Waals surface area contributed by atoms with Gasteiger partial charge in [0.1, 0.15) is 11.9 Å². The van der Waals surface area contributed by atoms with E-state index in [1.165, 1.54) is 23.1 Å². The van der Waals surface area contributed by atoms with Crippen molar-refractivity contribution in [3.63, 3.8) is 0 Å². The summed E-state index contributed by atoms with van der Waals surface area (Å²) in [7, 11) is 0. The Morgan fingerprint density at radius 2 is 1.73 bits per heavy atom. The molecule has 3 aromatic rings. The van der Waals surface area contributed by atoms with Gasteiger partial charge >= 0.3 is 0 Å². The Labute approximate surface area is 194 Å². The number of phenols is 2. The van der Waals surface area contributed by atoms with E-state index in [9.17, 15) is 19.8 Å². The molecule has 164 valence electrons. The fourth-order valence-electron chi connectivity index (χ4n) is 3.78. The Morgan fingerprint density at radius 3 is 2.52 bits per heavy atom. The van der Waals surface area contributed by atoms with Crippen LogP contribution in [0.15, 0.2) is 82.8 Å². The first-order valence-electron chi connectivity index (χ1n) is 10.3. The minimum atomic E-state index is -0.566. The van der Waals surface area contributed by atoms with Crippen LogP contribution in [0, 0.1) is 0 Å². The highest BCUT2D eigenvalue weighted by atomic mass is 32.2. The molecule has 33 heavy (non-hydrogen) atoms. The van der Waals surface area contributed by atoms with E-state index in [0.29, 0.717) is 23.1 Å². The van der Waals surface area contributed by atoms with Gasteiger partial charge in [0.2, 0.25) is 0 Å². The molecule has 7 nitrogen and oxygen atoms in total. The van der Waals surface area contributed by atoms with Gasteiger partial charge in [-0.3, -0.25) is 14.6 Å². The number of aromatic hydroxyl groups is 2. The van der Waals surface area contributed by atoms with E-state index in [1.807, 2.05) is 54.6 Å². The van der Waals surface area contributed by atoms with Crippen LogP contribution in [-0.4, -0.2) is 49.6 Å². The average molecular weight is 458 g/mol. The minimum Gasteiger partial charge on any atom is -0.504 e. The van der Waals surface area contributed by atoms with Gasteiger partial charge in [-0.2, -0.15) is 0 Å². The zero-order chi connectivity index (χ0) is 22.9. The fraction of sp³-hybridized carbons (Fsp3) is 0.120. The Bertz CT molecular complexity index is 1320. The summed E-state index contributed by atoms with van der Waals surface area (Å²) in [5, 5.41) is 19.5. The predicted octanol–water partition coefficient (Wildman–Crippen LogP) is 3.92. The van der Waals surface area contributed by atoms with Crippen molar-refractivity contribution >= 4 is 40.1 Å². The van der Waals surface area contributed by atoms with E-state index in [0.717, 1.165) is 22.9 Å². The Hall–Kier alpha value is -3.91. The van der Waals surface area contributed by atoms with Gasteiger partial charge in [0.15, 0.2) is 22.4 Å². The highest BCUT2D eigenvalue weighted by molar-refractivity contribution is 8.14. The molecule has 2 aliphatic rings. The normalized spacial score (nSPS) is 16.7. The van der Waals surface area contributed by atoms with Crippen LogP contribution in [0.25, 0.3) is 0 Å². The second-order valence-electron chi connectivity index (χ2n) is 7.66. The molecular weight excluding hydrogens is 438 g/mol. The first-order chi connectivity index (χ1) is 16.0. The molecule has 8 heteroatoms. The number of carbonyl (C=O) groups excluding carboxylic acids is 2. The molecule has 0 aliphatic carbocycles. The number of thioether (sulfide) groups is 1. The standard InChI is InChI=1S/C25H19N3O4S/c29-20-11-10-16(13-21(20)30)22(31)14-33-25-27-18-9-5-4-8-17(18)23-26-19(24(32)28(23)25)12-15-6-2-1-3-7-15/h1-11,13,19,29-30H,12,14H2. The largest absolute Gasteiger partial charge is 0.504 e. The number of ketones is 1. The Morgan fingerprint density at radius 1 is 0.970 bits per heavy atom. The quantitative estimate of drug-likeness (QED) is 0.447. The van der Waals surface area contributed by atoms with Crippen molar-refractivity contribution in [2.75, 3.05) is 5.75 Å². The van der Waals surface area contributed by atoms with Crippen LogP contribution < -0.4 is 0 Å². The van der Waals surface area contributed by atoms with Crippen molar-refractivity contribution in [3.05, 3.63) is 89.5 Å². The molecule has 3 aromatic carbocycles. The summed E-state index contributed by atoms with van der Waals surface area (Å²) in [5.41, 5.74) is 2.75. The summed E-state index contributed by atoms with van der Waals surface area (Å²) >= 11 is 1.14. The molecule has 2 heterocycles. The Balaban J connectivity index is 1.41. The van der Waals surface area contributed by atoms with Gasteiger partial charge in [0, 0.05) is 17.5 Å². The monoisotopic (exact) mass is 457 g/mol. The zero-order valence-electron chi connectivity index (χ0n) is 17.4. The number of amidine groups is 2. The number of phenolic OH excluding ortho intramolecular Hbond substituents is 2. The first-order valence-corrected chi connectivity index (χ1v) is 11.3. The summed E-state index contributed by atoms with van der Waals surface area (Å²) in [6, 6.07) is 20.6. The maximum absolute atomic E-state index is 13.3. The molecule has 0 saturated heterocycles. The van der Waals surface area contributed by atoms with Crippen LogP contribution >= 0.6 is 11.8 Å². The molecule has 5 rings (SSSR count). The number of aliphatic imine (C=N–C) groups is 2. The summed E-state index contributed by atoms with van der Waals surface area (Å²) in [6.45, 7) is 0. The number of hydrogen-bond acceptors (Lipinski definition) is 7. The van der Waals surface area contributed by atoms with Gasteiger partial charge in [0.05, 0.1) is 11.4 Å². The summed E-state index contributed by atoms with van der Waals surface area (Å²) in [6.07, 6.45) is 0.478. The van der Waals surface area contributed by atoms with Crippen LogP contribution in [0.4, 0.5) is 5.69 Å². The van der Waals surface area contributed by atoms with Crippen LogP contribution in [0.2, 0.25) is 0 Å². The fourth-order valence-corrected chi connectivity index (χ4v) is 4.67. The number of carbonyl (C=O) groups is 2. The van der Waals surface area contributed by atoms with Gasteiger partial charge in [0.25, 0.3) is 5.91 Å². The minimum absolute atomic E-state index is 0.00558. The number of benzene rings is 3. The van der Waals surface area contributed by atoms with Gasteiger partial charge in [-0.25, -0.2) is 9.89 Å². The molecule has 1 unspecified atom stereocenters. The van der Waals surface area contributed by atoms with Gasteiger partial charge in [-0.15, -0.1) is 0 Å². The molecule has 1 atom stereocenters. The van der Waals surface area contributed by atoms with Crippen LogP contribution in [0.5, 0.6) is 11.5 Å². The number of Topliss-reactive ketones (excluding diaryl/α,β-unsaturated/α-hetero) is 1. The third-order valence-corrected chi connectivity index (χ3v) is 6.39. The average Bonchev–Trinajstić information content (AvgIpc) is 3.16. The predicted molar refractivity (Wildman–Crippen MR) is 127 cm³/mol. The van der Waals surface area contributed by atoms with E-state index in [4.69, 9.17) is 4.99 Å². The van der Waals surface area contributed by atoms with Crippen molar-refractivity contribution in [1.82, 2.24) is 4.90 Å².